The van der Waals surface area contributed by atoms with Gasteiger partial charge in [0.15, 0.2) is 5.88 Å². The molecule has 0 atom stereocenters. The normalized spacial score (nSPS) is 11.1. The van der Waals surface area contributed by atoms with Crippen LogP contribution in [0.25, 0.3) is 16.3 Å². The number of aromatic hydroxyl groups is 1. The first-order valence-corrected chi connectivity index (χ1v) is 5.06. The number of amides is 1. The molecule has 0 aliphatic rings. The third-order valence-electron chi connectivity index (χ3n) is 2.73. The number of hydrogen-bond acceptors (Lipinski definition) is 3. The molecule has 1 aromatic carbocycles. The molecule has 84 valence electrons. The van der Waals surface area contributed by atoms with Gasteiger partial charge in [-0.05, 0) is 5.39 Å². The summed E-state index contributed by atoms with van der Waals surface area (Å²) >= 11 is 0. The fourth-order valence-corrected chi connectivity index (χ4v) is 2.01. The van der Waals surface area contributed by atoms with Crippen molar-refractivity contribution in [2.75, 3.05) is 0 Å². The number of pyridine rings is 1. The molecule has 0 unspecified atom stereocenters. The van der Waals surface area contributed by atoms with Gasteiger partial charge in [-0.25, -0.2) is 4.98 Å². The Morgan fingerprint density at radius 3 is 2.88 bits per heavy atom. The summed E-state index contributed by atoms with van der Waals surface area (Å²) < 4.78 is 1.35. The van der Waals surface area contributed by atoms with Gasteiger partial charge in [0.05, 0.1) is 11.7 Å². The van der Waals surface area contributed by atoms with Gasteiger partial charge in [-0.15, -0.1) is 0 Å². The number of primary amides is 1. The van der Waals surface area contributed by atoms with Crippen molar-refractivity contribution in [2.45, 2.75) is 0 Å². The van der Waals surface area contributed by atoms with Gasteiger partial charge in [0.25, 0.3) is 5.91 Å². The van der Waals surface area contributed by atoms with Crippen molar-refractivity contribution in [3.63, 3.8) is 0 Å². The Morgan fingerprint density at radius 2 is 2.12 bits per heavy atom. The summed E-state index contributed by atoms with van der Waals surface area (Å²) in [7, 11) is 0. The third-order valence-corrected chi connectivity index (χ3v) is 2.73. The maximum atomic E-state index is 11.2. The Labute approximate surface area is 96.1 Å². The minimum absolute atomic E-state index is 0.0308. The average Bonchev–Trinajstić information content (AvgIpc) is 2.74. The maximum Gasteiger partial charge on any atom is 0.285 e. The zero-order valence-corrected chi connectivity index (χ0v) is 8.79. The third kappa shape index (κ3) is 1.25. The predicted molar refractivity (Wildman–Crippen MR) is 62.9 cm³/mol. The lowest BCUT2D eigenvalue weighted by atomic mass is 10.1. The molecule has 0 radical (unpaired) electrons. The smallest absolute Gasteiger partial charge is 0.285 e. The summed E-state index contributed by atoms with van der Waals surface area (Å²) in [6.07, 6.45) is 1.53. The lowest BCUT2D eigenvalue weighted by molar-refractivity contribution is 0.0989. The Morgan fingerprint density at radius 1 is 1.35 bits per heavy atom. The predicted octanol–water partition coefficient (Wildman–Crippen LogP) is 1.29. The number of rotatable bonds is 1. The van der Waals surface area contributed by atoms with Gasteiger partial charge in [-0.3, -0.25) is 9.20 Å². The Bertz CT molecular complexity index is 746. The SMILES string of the molecule is NC(=O)c1ncc2c3ccccc3cc(O)n12. The second-order valence-corrected chi connectivity index (χ2v) is 3.76. The first kappa shape index (κ1) is 9.65. The van der Waals surface area contributed by atoms with E-state index in [2.05, 4.69) is 4.98 Å². The van der Waals surface area contributed by atoms with Crippen LogP contribution in [0.5, 0.6) is 5.88 Å². The molecule has 5 heteroatoms. The van der Waals surface area contributed by atoms with E-state index in [4.69, 9.17) is 5.73 Å². The van der Waals surface area contributed by atoms with Crippen LogP contribution in [0, 0.1) is 0 Å². The van der Waals surface area contributed by atoms with Crippen LogP contribution in [0.2, 0.25) is 0 Å². The molecule has 2 heterocycles. The van der Waals surface area contributed by atoms with Crippen LogP contribution in [0.1, 0.15) is 10.6 Å². The number of carbonyl (C=O) groups is 1. The largest absolute Gasteiger partial charge is 0.494 e. The molecule has 0 saturated carbocycles. The molecule has 0 bridgehead atoms. The highest BCUT2D eigenvalue weighted by atomic mass is 16.3. The van der Waals surface area contributed by atoms with E-state index >= 15 is 0 Å². The number of nitrogens with zero attached hydrogens (tertiary/aromatic N) is 2. The Hall–Kier alpha value is -2.56. The minimum Gasteiger partial charge on any atom is -0.494 e. The topological polar surface area (TPSA) is 80.6 Å². The number of imidazole rings is 1. The molecule has 0 saturated heterocycles. The fraction of sp³-hybridized carbons (Fsp3) is 0. The minimum atomic E-state index is -0.671. The monoisotopic (exact) mass is 227 g/mol. The van der Waals surface area contributed by atoms with Crippen molar-refractivity contribution in [1.29, 1.82) is 0 Å². The molecule has 3 aromatic rings. The summed E-state index contributed by atoms with van der Waals surface area (Å²) in [6.45, 7) is 0. The molecule has 3 rings (SSSR count). The molecule has 0 aliphatic heterocycles. The summed E-state index contributed by atoms with van der Waals surface area (Å²) in [6, 6.07) is 9.12. The van der Waals surface area contributed by atoms with Gasteiger partial charge >= 0.3 is 0 Å². The lowest BCUT2D eigenvalue weighted by Crippen LogP contribution is -2.15. The molecule has 3 N–H and O–H groups in total. The molecule has 17 heavy (non-hydrogen) atoms. The van der Waals surface area contributed by atoms with Crippen LogP contribution < -0.4 is 5.73 Å². The van der Waals surface area contributed by atoms with E-state index in [9.17, 15) is 9.90 Å². The lowest BCUT2D eigenvalue weighted by Gasteiger charge is -2.05. The Kier molecular flexibility index (Phi) is 1.82. The maximum absolute atomic E-state index is 11.2. The number of aromatic nitrogens is 2. The summed E-state index contributed by atoms with van der Waals surface area (Å²) in [4.78, 5) is 15.1. The van der Waals surface area contributed by atoms with Crippen LogP contribution in [-0.2, 0) is 0 Å². The molecule has 0 fully saturated rings. The van der Waals surface area contributed by atoms with Crippen molar-refractivity contribution in [3.05, 3.63) is 42.4 Å². The highest BCUT2D eigenvalue weighted by Gasteiger charge is 2.14. The van der Waals surface area contributed by atoms with E-state index in [0.717, 1.165) is 10.8 Å². The first-order chi connectivity index (χ1) is 8.18. The summed E-state index contributed by atoms with van der Waals surface area (Å²) in [5.41, 5.74) is 5.87. The van der Waals surface area contributed by atoms with E-state index in [1.807, 2.05) is 24.3 Å². The van der Waals surface area contributed by atoms with Gasteiger partial charge in [0.2, 0.25) is 5.82 Å². The standard InChI is InChI=1S/C12H9N3O2/c13-11(17)12-14-6-9-8-4-2-1-3-7(8)5-10(16)15(9)12/h1-6,16H,(H2,13,17). The molecule has 2 aromatic heterocycles. The zero-order chi connectivity index (χ0) is 12.0. The highest BCUT2D eigenvalue weighted by molar-refractivity contribution is 5.99. The molecule has 0 spiro atoms. The Balaban J connectivity index is 2.56. The number of carbonyl (C=O) groups excluding carboxylic acids is 1. The van der Waals surface area contributed by atoms with Crippen molar-refractivity contribution in [3.8, 4) is 5.88 Å². The summed E-state index contributed by atoms with van der Waals surface area (Å²) in [5.74, 6) is -0.691. The highest BCUT2D eigenvalue weighted by Crippen LogP contribution is 2.26. The van der Waals surface area contributed by atoms with Crippen LogP contribution in [-0.4, -0.2) is 20.4 Å². The van der Waals surface area contributed by atoms with Gasteiger partial charge in [0, 0.05) is 11.5 Å². The van der Waals surface area contributed by atoms with Gasteiger partial charge in [0.1, 0.15) is 0 Å². The second kappa shape index (κ2) is 3.21. The van der Waals surface area contributed by atoms with Crippen molar-refractivity contribution < 1.29 is 9.90 Å². The van der Waals surface area contributed by atoms with Gasteiger partial charge in [-0.1, -0.05) is 24.3 Å². The van der Waals surface area contributed by atoms with Crippen LogP contribution in [0.4, 0.5) is 0 Å². The fourth-order valence-electron chi connectivity index (χ4n) is 2.01. The quantitative estimate of drug-likeness (QED) is 0.657. The molecule has 0 aliphatic carbocycles. The van der Waals surface area contributed by atoms with E-state index in [0.29, 0.717) is 5.52 Å². The van der Waals surface area contributed by atoms with E-state index in [1.54, 1.807) is 6.07 Å². The van der Waals surface area contributed by atoms with Gasteiger partial charge in [-0.2, -0.15) is 0 Å². The van der Waals surface area contributed by atoms with Gasteiger partial charge < -0.3 is 10.8 Å². The van der Waals surface area contributed by atoms with Crippen molar-refractivity contribution in [1.82, 2.24) is 9.38 Å². The van der Waals surface area contributed by atoms with Crippen LogP contribution in [0.15, 0.2) is 36.5 Å². The molecule has 5 nitrogen and oxygen atoms in total. The molecular weight excluding hydrogens is 218 g/mol. The van der Waals surface area contributed by atoms with E-state index < -0.39 is 5.91 Å². The number of nitrogens with two attached hydrogens (primary N) is 1. The molecule has 1 amide bonds. The van der Waals surface area contributed by atoms with E-state index in [1.165, 1.54) is 10.6 Å². The number of benzene rings is 1. The van der Waals surface area contributed by atoms with Crippen molar-refractivity contribution >= 4 is 22.2 Å². The zero-order valence-electron chi connectivity index (χ0n) is 8.79. The van der Waals surface area contributed by atoms with Crippen LogP contribution >= 0.6 is 0 Å². The van der Waals surface area contributed by atoms with E-state index in [-0.39, 0.29) is 11.7 Å². The number of hydrogen-bond donors (Lipinski definition) is 2. The molecular formula is C12H9N3O2. The second-order valence-electron chi connectivity index (χ2n) is 3.76. The average molecular weight is 227 g/mol. The first-order valence-electron chi connectivity index (χ1n) is 5.06. The van der Waals surface area contributed by atoms with Crippen molar-refractivity contribution in [2.24, 2.45) is 5.73 Å². The van der Waals surface area contributed by atoms with Crippen LogP contribution in [0.3, 0.4) is 0 Å². The summed E-state index contributed by atoms with van der Waals surface area (Å²) in [5, 5.41) is 11.7. The number of fused-ring (bicyclic) bond motifs is 3.